The van der Waals surface area contributed by atoms with Gasteiger partial charge in [0, 0.05) is 32.1 Å². The first-order valence-electron chi connectivity index (χ1n) is 7.80. The van der Waals surface area contributed by atoms with Crippen LogP contribution < -0.4 is 10.5 Å². The minimum Gasteiger partial charge on any atom is -0.341 e. The van der Waals surface area contributed by atoms with Crippen LogP contribution in [0, 0.1) is 0 Å². The highest BCUT2D eigenvalue weighted by atomic mass is 32.2. The van der Waals surface area contributed by atoms with Gasteiger partial charge in [0.2, 0.25) is 15.9 Å². The van der Waals surface area contributed by atoms with Crippen LogP contribution in [0.4, 0.5) is 13.2 Å². The summed E-state index contributed by atoms with van der Waals surface area (Å²) in [6.07, 6.45) is -3.47. The smallest absolute Gasteiger partial charge is 0.341 e. The lowest BCUT2D eigenvalue weighted by Crippen LogP contribution is -2.32. The number of likely N-dealkylation sites (tertiary alicyclic amines) is 1. The summed E-state index contributed by atoms with van der Waals surface area (Å²) in [6.45, 7) is 1.05. The maximum Gasteiger partial charge on any atom is 0.416 e. The first-order chi connectivity index (χ1) is 11.6. The fourth-order valence-corrected chi connectivity index (χ4v) is 3.66. The lowest BCUT2D eigenvalue weighted by atomic mass is 10.2. The average Bonchev–Trinajstić information content (AvgIpc) is 2.97. The van der Waals surface area contributed by atoms with Crippen molar-refractivity contribution in [3.8, 4) is 0 Å². The molecule has 0 aliphatic carbocycles. The Morgan fingerprint density at radius 2 is 2.08 bits per heavy atom. The summed E-state index contributed by atoms with van der Waals surface area (Å²) in [7, 11) is -4.06. The Kier molecular flexibility index (Phi) is 6.07. The standard InChI is InChI=1S/C15H20F3N3O3S/c16-15(17,18)11-3-1-4-13(9-11)25(23,24)20-7-2-5-14(22)21-8-6-12(19)10-21/h1,3-4,9,12,20H,2,5-8,10,19H2/t12-/m1/s1. The predicted molar refractivity (Wildman–Crippen MR) is 85.0 cm³/mol. The number of carbonyl (C=O) groups is 1. The molecular weight excluding hydrogens is 359 g/mol. The molecule has 25 heavy (non-hydrogen) atoms. The van der Waals surface area contributed by atoms with Gasteiger partial charge in [0.15, 0.2) is 0 Å². The Labute approximate surface area is 144 Å². The van der Waals surface area contributed by atoms with E-state index in [4.69, 9.17) is 5.73 Å². The van der Waals surface area contributed by atoms with Crippen LogP contribution in [0.2, 0.25) is 0 Å². The second-order valence-electron chi connectivity index (χ2n) is 5.92. The number of nitrogens with one attached hydrogen (secondary N) is 1. The van der Waals surface area contributed by atoms with Crippen molar-refractivity contribution in [3.63, 3.8) is 0 Å². The molecule has 6 nitrogen and oxygen atoms in total. The van der Waals surface area contributed by atoms with Crippen LogP contribution >= 0.6 is 0 Å². The fourth-order valence-electron chi connectivity index (χ4n) is 2.54. The van der Waals surface area contributed by atoms with Crippen molar-refractivity contribution < 1.29 is 26.4 Å². The fraction of sp³-hybridized carbons (Fsp3) is 0.533. The highest BCUT2D eigenvalue weighted by Crippen LogP contribution is 2.30. The Morgan fingerprint density at radius 3 is 2.68 bits per heavy atom. The van der Waals surface area contributed by atoms with E-state index in [2.05, 4.69) is 4.72 Å². The van der Waals surface area contributed by atoms with Gasteiger partial charge < -0.3 is 10.6 Å². The second-order valence-corrected chi connectivity index (χ2v) is 7.68. The van der Waals surface area contributed by atoms with E-state index in [1.54, 1.807) is 4.90 Å². The Bertz CT molecular complexity index is 722. The molecule has 0 saturated carbocycles. The summed E-state index contributed by atoms with van der Waals surface area (Å²) in [5.74, 6) is -0.105. The molecule has 1 heterocycles. The second kappa shape index (κ2) is 7.71. The normalized spacial score (nSPS) is 18.6. The minimum absolute atomic E-state index is 0.0247. The van der Waals surface area contributed by atoms with Crippen LogP contribution in [0.15, 0.2) is 29.2 Å². The number of amides is 1. The number of hydrogen-bond donors (Lipinski definition) is 2. The van der Waals surface area contributed by atoms with E-state index in [0.29, 0.717) is 19.2 Å². The molecule has 3 N–H and O–H groups in total. The molecule has 2 rings (SSSR count). The molecule has 0 spiro atoms. The summed E-state index contributed by atoms with van der Waals surface area (Å²) >= 11 is 0. The van der Waals surface area contributed by atoms with Gasteiger partial charge in [-0.1, -0.05) is 6.07 Å². The lowest BCUT2D eigenvalue weighted by molar-refractivity contribution is -0.137. The van der Waals surface area contributed by atoms with Crippen LogP contribution in [0.5, 0.6) is 0 Å². The number of nitrogens with two attached hydrogens (primary N) is 1. The van der Waals surface area contributed by atoms with Gasteiger partial charge in [0.1, 0.15) is 0 Å². The average molecular weight is 379 g/mol. The first-order valence-corrected chi connectivity index (χ1v) is 9.28. The van der Waals surface area contributed by atoms with Gasteiger partial charge in [-0.15, -0.1) is 0 Å². The number of rotatable bonds is 6. The van der Waals surface area contributed by atoms with Crippen LogP contribution in [0.25, 0.3) is 0 Å². The lowest BCUT2D eigenvalue weighted by Gasteiger charge is -2.15. The molecule has 1 aromatic rings. The largest absolute Gasteiger partial charge is 0.416 e. The molecule has 1 saturated heterocycles. The molecule has 1 aliphatic rings. The number of nitrogens with zero attached hydrogens (tertiary/aromatic N) is 1. The zero-order valence-electron chi connectivity index (χ0n) is 13.4. The van der Waals surface area contributed by atoms with E-state index < -0.39 is 26.7 Å². The summed E-state index contributed by atoms with van der Waals surface area (Å²) in [5, 5.41) is 0. The quantitative estimate of drug-likeness (QED) is 0.730. The van der Waals surface area contributed by atoms with Crippen molar-refractivity contribution in [2.45, 2.75) is 36.4 Å². The maximum atomic E-state index is 12.7. The number of alkyl halides is 3. The van der Waals surface area contributed by atoms with E-state index >= 15 is 0 Å². The van der Waals surface area contributed by atoms with Crippen molar-refractivity contribution in [1.29, 1.82) is 0 Å². The summed E-state index contributed by atoms with van der Waals surface area (Å²) in [6, 6.07) is 3.49. The molecule has 0 radical (unpaired) electrons. The van der Waals surface area contributed by atoms with E-state index in [1.165, 1.54) is 0 Å². The highest BCUT2D eigenvalue weighted by molar-refractivity contribution is 7.89. The van der Waals surface area contributed by atoms with E-state index in [0.717, 1.165) is 24.6 Å². The molecule has 10 heteroatoms. The van der Waals surface area contributed by atoms with Crippen molar-refractivity contribution >= 4 is 15.9 Å². The molecule has 1 atom stereocenters. The molecule has 1 aliphatic heterocycles. The zero-order valence-corrected chi connectivity index (χ0v) is 14.2. The number of sulfonamides is 1. The van der Waals surface area contributed by atoms with Crippen LogP contribution in [-0.2, 0) is 21.0 Å². The summed E-state index contributed by atoms with van der Waals surface area (Å²) in [5.41, 5.74) is 4.68. The van der Waals surface area contributed by atoms with Gasteiger partial charge in [-0.25, -0.2) is 13.1 Å². The maximum absolute atomic E-state index is 12.7. The third kappa shape index (κ3) is 5.41. The van der Waals surface area contributed by atoms with Crippen LogP contribution in [0.1, 0.15) is 24.8 Å². The van der Waals surface area contributed by atoms with Gasteiger partial charge in [0.25, 0.3) is 0 Å². The number of halogens is 3. The molecule has 1 fully saturated rings. The van der Waals surface area contributed by atoms with Crippen molar-refractivity contribution in [1.82, 2.24) is 9.62 Å². The van der Waals surface area contributed by atoms with Crippen LogP contribution in [-0.4, -0.2) is 44.9 Å². The number of hydrogen-bond acceptors (Lipinski definition) is 4. The van der Waals surface area contributed by atoms with Gasteiger partial charge in [-0.05, 0) is 31.0 Å². The Balaban J connectivity index is 1.86. The number of carbonyl (C=O) groups excluding carboxylic acids is 1. The van der Waals surface area contributed by atoms with Crippen molar-refractivity contribution in [3.05, 3.63) is 29.8 Å². The molecule has 0 bridgehead atoms. The zero-order chi connectivity index (χ0) is 18.7. The molecule has 0 unspecified atom stereocenters. The van der Waals surface area contributed by atoms with Crippen molar-refractivity contribution in [2.75, 3.05) is 19.6 Å². The first kappa shape index (κ1) is 19.7. The summed E-state index contributed by atoms with van der Waals surface area (Å²) in [4.78, 5) is 13.1. The van der Waals surface area contributed by atoms with Crippen molar-refractivity contribution in [2.24, 2.45) is 5.73 Å². The van der Waals surface area contributed by atoms with Gasteiger partial charge >= 0.3 is 6.18 Å². The third-order valence-corrected chi connectivity index (χ3v) is 5.37. The molecule has 0 aromatic heterocycles. The molecule has 1 aromatic carbocycles. The molecule has 1 amide bonds. The Hall–Kier alpha value is -1.65. The topological polar surface area (TPSA) is 92.5 Å². The molecular formula is C15H20F3N3O3S. The number of benzene rings is 1. The SMILES string of the molecule is N[C@@H]1CCN(C(=O)CCCNS(=O)(=O)c2cccc(C(F)(F)F)c2)C1. The summed E-state index contributed by atoms with van der Waals surface area (Å²) < 4.78 is 64.3. The van der Waals surface area contributed by atoms with E-state index in [1.807, 2.05) is 0 Å². The molecule has 140 valence electrons. The Morgan fingerprint density at radius 1 is 1.36 bits per heavy atom. The minimum atomic E-state index is -4.62. The van der Waals surface area contributed by atoms with Crippen LogP contribution in [0.3, 0.4) is 0 Å². The highest BCUT2D eigenvalue weighted by Gasteiger charge is 2.31. The predicted octanol–water partition coefficient (Wildman–Crippen LogP) is 1.32. The van der Waals surface area contributed by atoms with Gasteiger partial charge in [0.05, 0.1) is 10.5 Å². The third-order valence-electron chi connectivity index (χ3n) is 3.91. The monoisotopic (exact) mass is 379 g/mol. The van der Waals surface area contributed by atoms with E-state index in [9.17, 15) is 26.4 Å². The van der Waals surface area contributed by atoms with E-state index in [-0.39, 0.29) is 31.3 Å². The van der Waals surface area contributed by atoms with Gasteiger partial charge in [-0.2, -0.15) is 13.2 Å². The van der Waals surface area contributed by atoms with Gasteiger partial charge in [-0.3, -0.25) is 4.79 Å².